The fourth-order valence-corrected chi connectivity index (χ4v) is 4.46. The number of anilines is 2. The van der Waals surface area contributed by atoms with Gasteiger partial charge in [-0.2, -0.15) is 10.1 Å². The Balaban J connectivity index is 1.50. The van der Waals surface area contributed by atoms with E-state index >= 15 is 0 Å². The van der Waals surface area contributed by atoms with Gasteiger partial charge in [-0.1, -0.05) is 6.92 Å². The summed E-state index contributed by atoms with van der Waals surface area (Å²) >= 11 is 1.48. The van der Waals surface area contributed by atoms with Crippen molar-refractivity contribution < 1.29 is 14.6 Å². The Labute approximate surface area is 188 Å². The van der Waals surface area contributed by atoms with Crippen LogP contribution in [0, 0.1) is 0 Å². The average Bonchev–Trinajstić information content (AvgIpc) is 3.55. The number of hydrogen-bond donors (Lipinski definition) is 3. The van der Waals surface area contributed by atoms with E-state index in [1.54, 1.807) is 10.9 Å². The van der Waals surface area contributed by atoms with Gasteiger partial charge in [-0.25, -0.2) is 4.98 Å². The second kappa shape index (κ2) is 8.87. The molecule has 168 valence electrons. The molecule has 0 spiro atoms. The Hall–Kier alpha value is -2.99. The number of nitrogens with zero attached hydrogens (tertiary/aromatic N) is 5. The molecule has 4 aromatic rings. The fraction of sp³-hybridized carbons (Fsp3) is 0.381. The molecule has 5 rings (SSSR count). The fourth-order valence-electron chi connectivity index (χ4n) is 3.64. The minimum absolute atomic E-state index is 0.0539. The minimum atomic E-state index is -0.704. The first-order valence-corrected chi connectivity index (χ1v) is 11.4. The summed E-state index contributed by atoms with van der Waals surface area (Å²) in [6.07, 6.45) is 5.72. The summed E-state index contributed by atoms with van der Waals surface area (Å²) in [5.41, 5.74) is 3.23. The van der Waals surface area contributed by atoms with Crippen molar-refractivity contribution in [3.8, 4) is 11.6 Å². The molecule has 0 radical (unpaired) electrons. The number of rotatable bonds is 8. The van der Waals surface area contributed by atoms with Gasteiger partial charge in [0.15, 0.2) is 0 Å². The zero-order valence-electron chi connectivity index (χ0n) is 17.9. The van der Waals surface area contributed by atoms with E-state index in [9.17, 15) is 5.11 Å². The number of ether oxygens (including phenoxy) is 2. The lowest BCUT2D eigenvalue weighted by Gasteiger charge is -2.14. The van der Waals surface area contributed by atoms with Crippen LogP contribution >= 0.6 is 11.3 Å². The van der Waals surface area contributed by atoms with E-state index in [1.165, 1.54) is 11.3 Å². The van der Waals surface area contributed by atoms with Gasteiger partial charge in [-0.3, -0.25) is 10.00 Å². The molecule has 0 amide bonds. The maximum atomic E-state index is 10.2. The zero-order chi connectivity index (χ0) is 22.1. The molecule has 1 aliphatic rings. The number of nitrogens with one attached hydrogen (secondary N) is 2. The monoisotopic (exact) mass is 455 g/mol. The van der Waals surface area contributed by atoms with Crippen LogP contribution in [-0.4, -0.2) is 55.3 Å². The van der Waals surface area contributed by atoms with Crippen LogP contribution in [0.15, 0.2) is 36.1 Å². The molecule has 4 aromatic heterocycles. The quantitative estimate of drug-likeness (QED) is 0.348. The Morgan fingerprint density at radius 1 is 1.41 bits per heavy atom. The van der Waals surface area contributed by atoms with Gasteiger partial charge in [0.05, 0.1) is 35.6 Å². The van der Waals surface area contributed by atoms with Crippen LogP contribution in [0.3, 0.4) is 0 Å². The van der Waals surface area contributed by atoms with Crippen molar-refractivity contribution in [2.75, 3.05) is 25.1 Å². The van der Waals surface area contributed by atoms with Gasteiger partial charge in [0.1, 0.15) is 17.8 Å². The van der Waals surface area contributed by atoms with Crippen LogP contribution in [0.5, 0.6) is 5.88 Å². The van der Waals surface area contributed by atoms with E-state index in [4.69, 9.17) is 19.4 Å². The Kier molecular flexibility index (Phi) is 5.79. The molecule has 10 nitrogen and oxygen atoms in total. The molecule has 11 heteroatoms. The maximum absolute atomic E-state index is 10.2. The number of aliphatic hydroxyl groups excluding tert-OH is 1. The van der Waals surface area contributed by atoms with Crippen molar-refractivity contribution in [3.05, 3.63) is 41.7 Å². The van der Waals surface area contributed by atoms with Crippen molar-refractivity contribution in [1.29, 1.82) is 0 Å². The van der Waals surface area contributed by atoms with E-state index in [0.717, 1.165) is 33.7 Å². The molecule has 0 aromatic carbocycles. The molecule has 0 aliphatic carbocycles. The molecule has 1 fully saturated rings. The second-order valence-electron chi connectivity index (χ2n) is 7.58. The summed E-state index contributed by atoms with van der Waals surface area (Å²) in [7, 11) is 1.88. The lowest BCUT2D eigenvalue weighted by Crippen LogP contribution is -2.19. The van der Waals surface area contributed by atoms with Crippen LogP contribution in [0.4, 0.5) is 10.9 Å². The third-order valence-electron chi connectivity index (χ3n) is 5.20. The Morgan fingerprint density at radius 3 is 3.06 bits per heavy atom. The van der Waals surface area contributed by atoms with E-state index < -0.39 is 6.23 Å². The van der Waals surface area contributed by atoms with Gasteiger partial charge in [-0.15, -0.1) is 11.3 Å². The number of fused-ring (bicyclic) bond motifs is 1. The molecular weight excluding hydrogens is 430 g/mol. The summed E-state index contributed by atoms with van der Waals surface area (Å²) < 4.78 is 15.5. The van der Waals surface area contributed by atoms with Crippen LogP contribution in [-0.2, 0) is 11.8 Å². The van der Waals surface area contributed by atoms with E-state index in [1.807, 2.05) is 48.4 Å². The first-order chi connectivity index (χ1) is 15.6. The minimum Gasteiger partial charge on any atom is -0.470 e. The van der Waals surface area contributed by atoms with Gasteiger partial charge < -0.3 is 24.5 Å². The van der Waals surface area contributed by atoms with Gasteiger partial charge in [0.25, 0.3) is 0 Å². The van der Waals surface area contributed by atoms with Gasteiger partial charge in [0.2, 0.25) is 11.8 Å². The zero-order valence-corrected chi connectivity index (χ0v) is 18.7. The smallest absolute Gasteiger partial charge is 0.244 e. The molecule has 0 bridgehead atoms. The highest BCUT2D eigenvalue weighted by Gasteiger charge is 2.22. The summed E-state index contributed by atoms with van der Waals surface area (Å²) in [6.45, 7) is 3.85. The highest BCUT2D eigenvalue weighted by molar-refractivity contribution is 7.14. The molecule has 0 saturated carbocycles. The molecule has 32 heavy (non-hydrogen) atoms. The second-order valence-corrected chi connectivity index (χ2v) is 8.49. The van der Waals surface area contributed by atoms with Crippen molar-refractivity contribution in [3.63, 3.8) is 0 Å². The number of aryl methyl sites for hydroxylation is 1. The molecular formula is C21H25N7O3S. The van der Waals surface area contributed by atoms with Crippen LogP contribution in [0.25, 0.3) is 16.7 Å². The molecule has 5 heterocycles. The molecule has 1 aliphatic heterocycles. The van der Waals surface area contributed by atoms with Gasteiger partial charge in [-0.05, 0) is 18.7 Å². The number of aliphatic hydroxyl groups is 1. The van der Waals surface area contributed by atoms with Gasteiger partial charge >= 0.3 is 0 Å². The lowest BCUT2D eigenvalue weighted by molar-refractivity contribution is 0.139. The Morgan fingerprint density at radius 2 is 2.31 bits per heavy atom. The average molecular weight is 456 g/mol. The van der Waals surface area contributed by atoms with E-state index in [2.05, 4.69) is 15.7 Å². The largest absolute Gasteiger partial charge is 0.470 e. The van der Waals surface area contributed by atoms with E-state index in [0.29, 0.717) is 31.6 Å². The van der Waals surface area contributed by atoms with E-state index in [-0.39, 0.29) is 6.10 Å². The Bertz CT molecular complexity index is 1210. The van der Waals surface area contributed by atoms with Crippen LogP contribution < -0.4 is 15.4 Å². The topological polar surface area (TPSA) is 111 Å². The van der Waals surface area contributed by atoms with Crippen LogP contribution in [0.1, 0.15) is 25.1 Å². The molecule has 2 atom stereocenters. The third kappa shape index (κ3) is 4.19. The SMILES string of the molecule is CCNC(O)c1csc(Nc2nc(O[C@@H]3CCOC3)c3c(ccn3-c3cnn(C)c3)n2)c1. The van der Waals surface area contributed by atoms with Crippen molar-refractivity contribution >= 4 is 33.3 Å². The standard InChI is InChI=1S/C21H25N7O3S/c1-3-22-19(29)13-8-17(32-12-13)25-21-24-16-4-6-28(14-9-23-27(2)10-14)18(16)20(26-21)31-15-5-7-30-11-15/h4,6,8-10,12,15,19,22,29H,3,5,7,11H2,1-2H3,(H,24,25,26)/t15-,19?/m1/s1. The highest BCUT2D eigenvalue weighted by Crippen LogP contribution is 2.32. The summed E-state index contributed by atoms with van der Waals surface area (Å²) in [6, 6.07) is 3.82. The third-order valence-corrected chi connectivity index (χ3v) is 6.07. The normalized spacial score (nSPS) is 17.2. The predicted octanol–water partition coefficient (Wildman–Crippen LogP) is 2.73. The highest BCUT2D eigenvalue weighted by atomic mass is 32.1. The molecule has 1 unspecified atom stereocenters. The van der Waals surface area contributed by atoms with Crippen LogP contribution in [0.2, 0.25) is 0 Å². The maximum Gasteiger partial charge on any atom is 0.244 e. The molecule has 1 saturated heterocycles. The lowest BCUT2D eigenvalue weighted by atomic mass is 10.3. The number of hydrogen-bond acceptors (Lipinski definition) is 9. The predicted molar refractivity (Wildman–Crippen MR) is 122 cm³/mol. The summed E-state index contributed by atoms with van der Waals surface area (Å²) in [5.74, 6) is 0.924. The van der Waals surface area contributed by atoms with Crippen molar-refractivity contribution in [1.82, 2.24) is 29.6 Å². The van der Waals surface area contributed by atoms with Crippen molar-refractivity contribution in [2.45, 2.75) is 25.7 Å². The molecule has 3 N–H and O–H groups in total. The first-order valence-electron chi connectivity index (χ1n) is 10.5. The first kappa shape index (κ1) is 20.9. The summed E-state index contributed by atoms with van der Waals surface area (Å²) in [4.78, 5) is 9.39. The van der Waals surface area contributed by atoms with Gasteiger partial charge in [0, 0.05) is 36.8 Å². The van der Waals surface area contributed by atoms with Crippen molar-refractivity contribution in [2.24, 2.45) is 7.05 Å². The summed E-state index contributed by atoms with van der Waals surface area (Å²) in [5, 5.41) is 23.4. The number of aromatic nitrogens is 5. The number of thiophene rings is 1.